The first kappa shape index (κ1) is 13.9. The van der Waals surface area contributed by atoms with Crippen LogP contribution in [-0.2, 0) is 10.9 Å². The van der Waals surface area contributed by atoms with Crippen molar-refractivity contribution < 1.29 is 17.9 Å². The Morgan fingerprint density at radius 2 is 2.00 bits per heavy atom. The molecule has 19 heavy (non-hydrogen) atoms. The lowest BCUT2D eigenvalue weighted by Gasteiger charge is -2.33. The molecule has 0 amide bonds. The van der Waals surface area contributed by atoms with Crippen LogP contribution in [0, 0.1) is 0 Å². The summed E-state index contributed by atoms with van der Waals surface area (Å²) in [4.78, 5) is 5.12. The summed E-state index contributed by atoms with van der Waals surface area (Å²) in [6.07, 6.45) is -1.84. The zero-order valence-corrected chi connectivity index (χ0v) is 10.6. The van der Waals surface area contributed by atoms with Gasteiger partial charge in [0.05, 0.1) is 17.6 Å². The van der Waals surface area contributed by atoms with E-state index in [4.69, 9.17) is 10.5 Å². The maximum absolute atomic E-state index is 12.7. The van der Waals surface area contributed by atoms with E-state index in [2.05, 4.69) is 4.98 Å². The van der Waals surface area contributed by atoms with Gasteiger partial charge in [-0.25, -0.2) is 4.98 Å². The second-order valence-electron chi connectivity index (χ2n) is 4.58. The molecule has 106 valence electrons. The third-order valence-corrected chi connectivity index (χ3v) is 3.32. The lowest BCUT2D eigenvalue weighted by atomic mass is 10.1. The Bertz CT molecular complexity index is 444. The van der Waals surface area contributed by atoms with Crippen molar-refractivity contribution in [2.24, 2.45) is 0 Å². The van der Waals surface area contributed by atoms with E-state index in [0.717, 1.165) is 25.1 Å². The number of halogens is 3. The predicted octanol–water partition coefficient (Wildman–Crippen LogP) is 2.30. The number of ether oxygens (including phenoxy) is 1. The molecule has 1 aliphatic heterocycles. The van der Waals surface area contributed by atoms with Crippen LogP contribution in [-0.4, -0.2) is 31.3 Å². The highest BCUT2D eigenvalue weighted by atomic mass is 19.4. The van der Waals surface area contributed by atoms with Crippen molar-refractivity contribution in [3.63, 3.8) is 0 Å². The molecule has 1 aliphatic rings. The molecular formula is C12H16F3N3O. The number of pyridine rings is 1. The molecular weight excluding hydrogens is 259 g/mol. The van der Waals surface area contributed by atoms with Crippen molar-refractivity contribution in [2.45, 2.75) is 25.1 Å². The quantitative estimate of drug-likeness (QED) is 0.899. The molecule has 0 atom stereocenters. The van der Waals surface area contributed by atoms with E-state index in [1.165, 1.54) is 0 Å². The molecule has 2 N–H and O–H groups in total. The van der Waals surface area contributed by atoms with Gasteiger partial charge in [0.15, 0.2) is 0 Å². The molecule has 0 saturated carbocycles. The van der Waals surface area contributed by atoms with E-state index < -0.39 is 11.9 Å². The molecule has 1 saturated heterocycles. The van der Waals surface area contributed by atoms with Gasteiger partial charge in [-0.2, -0.15) is 13.2 Å². The maximum Gasteiger partial charge on any atom is 0.433 e. The molecule has 0 spiro atoms. The summed E-state index contributed by atoms with van der Waals surface area (Å²) in [6.45, 7) is 1.23. The molecule has 1 fully saturated rings. The number of anilines is 2. The molecule has 0 unspecified atom stereocenters. The largest absolute Gasteiger partial charge is 0.433 e. The smallest absolute Gasteiger partial charge is 0.396 e. The highest BCUT2D eigenvalue weighted by molar-refractivity contribution is 5.67. The van der Waals surface area contributed by atoms with Crippen molar-refractivity contribution in [1.82, 2.24) is 4.98 Å². The Morgan fingerprint density at radius 3 is 2.58 bits per heavy atom. The van der Waals surface area contributed by atoms with Gasteiger partial charge in [0.2, 0.25) is 0 Å². The van der Waals surface area contributed by atoms with Gasteiger partial charge in [0, 0.05) is 26.3 Å². The molecule has 0 radical (unpaired) electrons. The number of aromatic nitrogens is 1. The summed E-state index contributed by atoms with van der Waals surface area (Å²) < 4.78 is 43.2. The van der Waals surface area contributed by atoms with E-state index in [0.29, 0.717) is 18.9 Å². The van der Waals surface area contributed by atoms with Gasteiger partial charge < -0.3 is 15.4 Å². The molecule has 1 aromatic heterocycles. The number of nitrogens with two attached hydrogens (primary N) is 1. The first-order chi connectivity index (χ1) is 8.89. The first-order valence-corrected chi connectivity index (χ1v) is 6.03. The van der Waals surface area contributed by atoms with Crippen LogP contribution in [0.25, 0.3) is 0 Å². The zero-order valence-electron chi connectivity index (χ0n) is 10.6. The van der Waals surface area contributed by atoms with E-state index in [1.54, 1.807) is 11.9 Å². The number of nitrogen functional groups attached to an aromatic ring is 1. The molecule has 1 aromatic rings. The molecule has 0 aliphatic carbocycles. The summed E-state index contributed by atoms with van der Waals surface area (Å²) in [5.41, 5.74) is 5.44. The number of nitrogens with zero attached hydrogens (tertiary/aromatic N) is 2. The first-order valence-electron chi connectivity index (χ1n) is 6.03. The topological polar surface area (TPSA) is 51.4 Å². The second kappa shape index (κ2) is 5.24. The van der Waals surface area contributed by atoms with Gasteiger partial charge in [0.25, 0.3) is 0 Å². The summed E-state index contributed by atoms with van der Waals surface area (Å²) in [6, 6.07) is 1.14. The van der Waals surface area contributed by atoms with E-state index >= 15 is 0 Å². The Labute approximate surface area is 109 Å². The van der Waals surface area contributed by atoms with Crippen LogP contribution < -0.4 is 10.6 Å². The molecule has 7 heteroatoms. The second-order valence-corrected chi connectivity index (χ2v) is 4.58. The van der Waals surface area contributed by atoms with Crippen molar-refractivity contribution >= 4 is 11.4 Å². The fraction of sp³-hybridized carbons (Fsp3) is 0.583. The lowest BCUT2D eigenvalue weighted by Crippen LogP contribution is -2.37. The standard InChI is InChI=1S/C12H16F3N3O/c1-18(8-2-4-19-5-3-8)10-6-11(12(13,14)15)17-7-9(10)16/h6-8H,2-5,16H2,1H3. The minimum Gasteiger partial charge on any atom is -0.396 e. The Kier molecular flexibility index (Phi) is 3.84. The van der Waals surface area contributed by atoms with E-state index in [-0.39, 0.29) is 11.7 Å². The molecule has 0 bridgehead atoms. The summed E-state index contributed by atoms with van der Waals surface area (Å²) in [5, 5.41) is 0. The van der Waals surface area contributed by atoms with Crippen molar-refractivity contribution in [3.8, 4) is 0 Å². The van der Waals surface area contributed by atoms with Crippen LogP contribution in [0.15, 0.2) is 12.3 Å². The number of alkyl halides is 3. The van der Waals surface area contributed by atoms with E-state index in [9.17, 15) is 13.2 Å². The van der Waals surface area contributed by atoms with E-state index in [1.807, 2.05) is 0 Å². The Balaban J connectivity index is 2.27. The zero-order chi connectivity index (χ0) is 14.0. The van der Waals surface area contributed by atoms with Crippen molar-refractivity contribution in [1.29, 1.82) is 0 Å². The highest BCUT2D eigenvalue weighted by Crippen LogP contribution is 2.33. The predicted molar refractivity (Wildman–Crippen MR) is 65.9 cm³/mol. The monoisotopic (exact) mass is 275 g/mol. The summed E-state index contributed by atoms with van der Waals surface area (Å²) >= 11 is 0. The van der Waals surface area contributed by atoms with Crippen molar-refractivity contribution in [3.05, 3.63) is 18.0 Å². The Morgan fingerprint density at radius 1 is 1.37 bits per heavy atom. The minimum absolute atomic E-state index is 0.138. The van der Waals surface area contributed by atoms with Crippen LogP contribution >= 0.6 is 0 Å². The maximum atomic E-state index is 12.7. The third kappa shape index (κ3) is 3.09. The SMILES string of the molecule is CN(c1cc(C(F)(F)F)ncc1N)C1CCOCC1. The highest BCUT2D eigenvalue weighted by Gasteiger charge is 2.33. The van der Waals surface area contributed by atoms with Crippen LogP contribution in [0.1, 0.15) is 18.5 Å². The van der Waals surface area contributed by atoms with Crippen LogP contribution in [0.3, 0.4) is 0 Å². The minimum atomic E-state index is -4.46. The third-order valence-electron chi connectivity index (χ3n) is 3.32. The lowest BCUT2D eigenvalue weighted by molar-refractivity contribution is -0.141. The fourth-order valence-corrected chi connectivity index (χ4v) is 2.18. The fourth-order valence-electron chi connectivity index (χ4n) is 2.18. The summed E-state index contributed by atoms with van der Waals surface area (Å²) in [5.74, 6) is 0. The Hall–Kier alpha value is -1.50. The van der Waals surface area contributed by atoms with Gasteiger partial charge in [-0.3, -0.25) is 0 Å². The molecule has 0 aromatic carbocycles. The van der Waals surface area contributed by atoms with Crippen molar-refractivity contribution in [2.75, 3.05) is 30.9 Å². The normalized spacial score (nSPS) is 17.5. The molecule has 4 nitrogen and oxygen atoms in total. The summed E-state index contributed by atoms with van der Waals surface area (Å²) in [7, 11) is 1.75. The molecule has 2 rings (SSSR count). The van der Waals surface area contributed by atoms with Crippen LogP contribution in [0.4, 0.5) is 24.5 Å². The van der Waals surface area contributed by atoms with Gasteiger partial charge in [0.1, 0.15) is 5.69 Å². The van der Waals surface area contributed by atoms with Gasteiger partial charge in [-0.1, -0.05) is 0 Å². The number of rotatable bonds is 2. The van der Waals surface area contributed by atoms with Crippen LogP contribution in [0.5, 0.6) is 0 Å². The number of hydrogen-bond acceptors (Lipinski definition) is 4. The average molecular weight is 275 g/mol. The van der Waals surface area contributed by atoms with Gasteiger partial charge >= 0.3 is 6.18 Å². The molecule has 2 heterocycles. The number of hydrogen-bond donors (Lipinski definition) is 1. The average Bonchev–Trinajstić information content (AvgIpc) is 2.38. The van der Waals surface area contributed by atoms with Gasteiger partial charge in [-0.15, -0.1) is 0 Å². The van der Waals surface area contributed by atoms with Crippen LogP contribution in [0.2, 0.25) is 0 Å². The van der Waals surface area contributed by atoms with Gasteiger partial charge in [-0.05, 0) is 18.9 Å².